The minimum atomic E-state index is -0.284. The van der Waals surface area contributed by atoms with Crippen LogP contribution in [-0.2, 0) is 11.8 Å². The van der Waals surface area contributed by atoms with E-state index in [1.807, 2.05) is 12.1 Å². The number of halogens is 2. The number of aryl methyl sites for hydroxylation is 1. The topological polar surface area (TPSA) is 81.5 Å². The minimum Gasteiger partial charge on any atom is -0.485 e. The lowest BCUT2D eigenvalue weighted by Gasteiger charge is -2.38. The highest BCUT2D eigenvalue weighted by Crippen LogP contribution is 2.41. The Morgan fingerprint density at radius 2 is 1.66 bits per heavy atom. The molecule has 0 unspecified atom stereocenters. The first kappa shape index (κ1) is 25.2. The van der Waals surface area contributed by atoms with E-state index in [0.29, 0.717) is 10.8 Å². The van der Waals surface area contributed by atoms with Crippen LogP contribution >= 0.6 is 11.6 Å². The lowest BCUT2D eigenvalue weighted by molar-refractivity contribution is 0.0383. The maximum absolute atomic E-state index is 13.2. The molecule has 6 heteroatoms. The van der Waals surface area contributed by atoms with Gasteiger partial charge in [0.2, 0.25) is 0 Å². The second-order valence-electron chi connectivity index (χ2n) is 8.24. The monoisotopic (exact) mass is 424 g/mol. The van der Waals surface area contributed by atoms with Gasteiger partial charge in [-0.1, -0.05) is 58.4 Å². The van der Waals surface area contributed by atoms with Crippen molar-refractivity contribution in [3.05, 3.63) is 58.4 Å². The van der Waals surface area contributed by atoms with Crippen molar-refractivity contribution >= 4 is 17.3 Å². The Hall–Kier alpha value is -1.82. The van der Waals surface area contributed by atoms with E-state index in [-0.39, 0.29) is 16.8 Å². The van der Waals surface area contributed by atoms with Gasteiger partial charge in [-0.05, 0) is 66.5 Å². The number of ether oxygens (including phenoxy) is 1. The van der Waals surface area contributed by atoms with Crippen LogP contribution in [0.25, 0.3) is 0 Å². The van der Waals surface area contributed by atoms with Crippen LogP contribution in [0.2, 0.25) is 5.02 Å². The van der Waals surface area contributed by atoms with Gasteiger partial charge in [0, 0.05) is 5.69 Å². The first-order valence-corrected chi connectivity index (χ1v) is 10.3. The normalized spacial score (nSPS) is 14.4. The predicted octanol–water partition coefficient (Wildman–Crippen LogP) is 6.26. The van der Waals surface area contributed by atoms with Crippen LogP contribution in [0.4, 0.5) is 10.1 Å². The smallest absolute Gasteiger partial charge is 0.142 e. The van der Waals surface area contributed by atoms with Crippen LogP contribution in [0.3, 0.4) is 0 Å². The molecule has 1 heterocycles. The van der Waals surface area contributed by atoms with E-state index < -0.39 is 0 Å². The summed E-state index contributed by atoms with van der Waals surface area (Å²) in [5.41, 5.74) is 8.73. The molecule has 0 bridgehead atoms. The fourth-order valence-corrected chi connectivity index (χ4v) is 3.54. The number of nitrogens with two attached hydrogens (primary N) is 2. The summed E-state index contributed by atoms with van der Waals surface area (Å²) >= 11 is 6.02. The van der Waals surface area contributed by atoms with E-state index in [9.17, 15) is 4.39 Å². The molecule has 162 valence electrons. The van der Waals surface area contributed by atoms with Crippen molar-refractivity contribution in [1.82, 2.24) is 0 Å². The van der Waals surface area contributed by atoms with Crippen LogP contribution in [0, 0.1) is 5.82 Å². The third-order valence-electron chi connectivity index (χ3n) is 5.32. The lowest BCUT2D eigenvalue weighted by atomic mass is 9.87. The van der Waals surface area contributed by atoms with E-state index >= 15 is 0 Å². The van der Waals surface area contributed by atoms with Crippen molar-refractivity contribution in [2.24, 2.45) is 5.90 Å². The van der Waals surface area contributed by atoms with Crippen LogP contribution in [0.5, 0.6) is 5.75 Å². The summed E-state index contributed by atoms with van der Waals surface area (Å²) in [6.45, 7) is 10.8. The van der Waals surface area contributed by atoms with Crippen molar-refractivity contribution in [2.75, 3.05) is 5.73 Å². The van der Waals surface area contributed by atoms with Crippen LogP contribution in [0.1, 0.15) is 65.0 Å². The second kappa shape index (κ2) is 10.8. The minimum absolute atomic E-state index is 0.117. The van der Waals surface area contributed by atoms with Gasteiger partial charge in [-0.15, -0.1) is 0 Å². The number of nitrogen functional groups attached to an aromatic ring is 1. The van der Waals surface area contributed by atoms with E-state index in [1.165, 1.54) is 17.7 Å². The number of fused-ring (bicyclic) bond motifs is 1. The summed E-state index contributed by atoms with van der Waals surface area (Å²) in [5, 5.41) is 6.89. The number of hydrogen-bond acceptors (Lipinski definition) is 4. The molecule has 0 saturated carbocycles. The van der Waals surface area contributed by atoms with Crippen LogP contribution in [0.15, 0.2) is 36.4 Å². The zero-order valence-electron chi connectivity index (χ0n) is 18.1. The molecule has 4 nitrogen and oxygen atoms in total. The molecular weight excluding hydrogens is 391 g/mol. The van der Waals surface area contributed by atoms with Gasteiger partial charge in [-0.3, -0.25) is 0 Å². The van der Waals surface area contributed by atoms with Crippen LogP contribution in [-0.4, -0.2) is 10.8 Å². The Morgan fingerprint density at radius 3 is 2.14 bits per heavy atom. The fraction of sp³-hybridized carbons (Fsp3) is 0.478. The van der Waals surface area contributed by atoms with E-state index in [0.717, 1.165) is 36.9 Å². The molecule has 3 rings (SSSR count). The van der Waals surface area contributed by atoms with Gasteiger partial charge >= 0.3 is 0 Å². The SMILES string of the molecule is CC(C)(C)c1ccc(N)cc1.CCC1(CC)CCc2cc(F)cc(Cl)c2O1.NO. The number of hydrogen-bond donors (Lipinski definition) is 3. The summed E-state index contributed by atoms with van der Waals surface area (Å²) in [6.07, 6.45) is 3.69. The van der Waals surface area contributed by atoms with E-state index in [2.05, 4.69) is 52.6 Å². The number of anilines is 1. The van der Waals surface area contributed by atoms with Gasteiger partial charge in [0.15, 0.2) is 0 Å². The van der Waals surface area contributed by atoms with Gasteiger partial charge in [-0.2, -0.15) is 0 Å². The van der Waals surface area contributed by atoms with Gasteiger partial charge in [0.25, 0.3) is 0 Å². The number of rotatable bonds is 2. The average Bonchev–Trinajstić information content (AvgIpc) is 2.69. The van der Waals surface area contributed by atoms with Crippen molar-refractivity contribution in [3.63, 3.8) is 0 Å². The highest BCUT2D eigenvalue weighted by atomic mass is 35.5. The molecule has 0 spiro atoms. The number of benzene rings is 2. The predicted molar refractivity (Wildman–Crippen MR) is 119 cm³/mol. The summed E-state index contributed by atoms with van der Waals surface area (Å²) < 4.78 is 19.2. The molecule has 0 aromatic heterocycles. The molecule has 0 fully saturated rings. The molecule has 0 saturated heterocycles. The molecule has 0 aliphatic carbocycles. The first-order valence-electron chi connectivity index (χ1n) is 9.89. The van der Waals surface area contributed by atoms with Crippen molar-refractivity contribution < 1.29 is 14.3 Å². The molecule has 2 aromatic rings. The first-order chi connectivity index (χ1) is 13.6. The molecule has 5 N–H and O–H groups in total. The van der Waals surface area contributed by atoms with Crippen molar-refractivity contribution in [2.45, 2.75) is 71.3 Å². The highest BCUT2D eigenvalue weighted by Gasteiger charge is 2.34. The largest absolute Gasteiger partial charge is 0.485 e. The Bertz CT molecular complexity index is 770. The van der Waals surface area contributed by atoms with Gasteiger partial charge in [0.1, 0.15) is 17.2 Å². The van der Waals surface area contributed by atoms with Gasteiger partial charge in [0.05, 0.1) is 5.02 Å². The maximum Gasteiger partial charge on any atom is 0.142 e. The Labute approximate surface area is 179 Å². The molecule has 1 aliphatic heterocycles. The Kier molecular flexibility index (Phi) is 9.40. The molecule has 0 radical (unpaired) electrons. The molecule has 1 aliphatic rings. The van der Waals surface area contributed by atoms with Crippen molar-refractivity contribution in [3.8, 4) is 5.75 Å². The summed E-state index contributed by atoms with van der Waals surface area (Å²) in [4.78, 5) is 0. The van der Waals surface area contributed by atoms with E-state index in [1.54, 1.807) is 0 Å². The highest BCUT2D eigenvalue weighted by molar-refractivity contribution is 6.32. The quantitative estimate of drug-likeness (QED) is 0.392. The second-order valence-corrected chi connectivity index (χ2v) is 8.65. The van der Waals surface area contributed by atoms with Crippen molar-refractivity contribution in [1.29, 1.82) is 0 Å². The molecule has 2 aromatic carbocycles. The molecule has 0 amide bonds. The third-order valence-corrected chi connectivity index (χ3v) is 5.60. The van der Waals surface area contributed by atoms with Crippen LogP contribution < -0.4 is 16.4 Å². The Balaban J connectivity index is 0.000000284. The van der Waals surface area contributed by atoms with Gasteiger partial charge < -0.3 is 15.7 Å². The zero-order chi connectivity index (χ0) is 22.2. The van der Waals surface area contributed by atoms with E-state index in [4.69, 9.17) is 27.3 Å². The maximum atomic E-state index is 13.2. The third kappa shape index (κ3) is 6.88. The lowest BCUT2D eigenvalue weighted by Crippen LogP contribution is -2.38. The average molecular weight is 425 g/mol. The fourth-order valence-electron chi connectivity index (χ4n) is 3.27. The summed E-state index contributed by atoms with van der Waals surface area (Å²) in [5.74, 6) is 3.89. The Morgan fingerprint density at radius 1 is 1.10 bits per heavy atom. The molecule has 29 heavy (non-hydrogen) atoms. The van der Waals surface area contributed by atoms with Gasteiger partial charge in [-0.25, -0.2) is 10.3 Å². The zero-order valence-corrected chi connectivity index (χ0v) is 18.8. The summed E-state index contributed by atoms with van der Waals surface area (Å²) in [7, 11) is 0. The molecule has 0 atom stereocenters. The molecular formula is C23H34ClFN2O2. The summed E-state index contributed by atoms with van der Waals surface area (Å²) in [6, 6.07) is 10.9. The standard InChI is InChI=1S/C13H16ClFO.C10H15N.H3NO/c1-3-13(4-2)6-5-9-7-10(15)8-11(14)12(9)16-13;1-10(2,3)8-4-6-9(11)7-5-8;1-2/h7-8H,3-6H2,1-2H3;4-7H,11H2,1-3H3;2H,1H2.